The van der Waals surface area contributed by atoms with Crippen molar-refractivity contribution in [1.82, 2.24) is 24.6 Å². The smallest absolute Gasteiger partial charge is 0.262 e. The van der Waals surface area contributed by atoms with Gasteiger partial charge in [-0.25, -0.2) is 4.98 Å². The zero-order valence-electron chi connectivity index (χ0n) is 16.6. The van der Waals surface area contributed by atoms with Crippen LogP contribution in [0.5, 0.6) is 0 Å². The predicted octanol–water partition coefficient (Wildman–Crippen LogP) is 3.54. The van der Waals surface area contributed by atoms with E-state index >= 15 is 0 Å². The van der Waals surface area contributed by atoms with Crippen molar-refractivity contribution in [3.63, 3.8) is 0 Å². The summed E-state index contributed by atoms with van der Waals surface area (Å²) < 4.78 is 3.49. The zero-order chi connectivity index (χ0) is 20.7. The van der Waals surface area contributed by atoms with E-state index in [9.17, 15) is 4.79 Å². The molecule has 0 radical (unpaired) electrons. The minimum Gasteiger partial charge on any atom is -0.309 e. The molecule has 154 valence electrons. The number of aromatic nitrogens is 4. The minimum atomic E-state index is 0.0270. The van der Waals surface area contributed by atoms with Gasteiger partial charge in [-0.05, 0) is 36.5 Å². The monoisotopic (exact) mass is 439 g/mol. The Labute approximate surface area is 183 Å². The van der Waals surface area contributed by atoms with Crippen molar-refractivity contribution in [3.8, 4) is 0 Å². The standard InChI is InChI=1S/C22H22ClN5OS/c1-27-11-14(10-26-27)9-24-16-6-7-17-19(8-16)30-21-20(17)22(29)28(13-25-21)12-15-4-2-3-5-18(15)23/h2-5,10-11,13,16,24H,6-9,12H2,1H3. The van der Waals surface area contributed by atoms with Crippen LogP contribution in [0.4, 0.5) is 0 Å². The van der Waals surface area contributed by atoms with Gasteiger partial charge in [0.1, 0.15) is 4.83 Å². The first-order valence-electron chi connectivity index (χ1n) is 10.0. The van der Waals surface area contributed by atoms with E-state index in [1.165, 1.54) is 16.0 Å². The maximum atomic E-state index is 13.2. The summed E-state index contributed by atoms with van der Waals surface area (Å²) in [7, 11) is 1.93. The van der Waals surface area contributed by atoms with Crippen LogP contribution in [0.15, 0.2) is 47.8 Å². The average molecular weight is 440 g/mol. The van der Waals surface area contributed by atoms with Gasteiger partial charge in [0.15, 0.2) is 0 Å². The number of hydrogen-bond acceptors (Lipinski definition) is 5. The maximum Gasteiger partial charge on any atom is 0.262 e. The van der Waals surface area contributed by atoms with Gasteiger partial charge < -0.3 is 5.32 Å². The number of halogens is 1. The van der Waals surface area contributed by atoms with Crippen LogP contribution in [-0.4, -0.2) is 25.4 Å². The quantitative estimate of drug-likeness (QED) is 0.516. The van der Waals surface area contributed by atoms with Gasteiger partial charge in [0.25, 0.3) is 5.56 Å². The first kappa shape index (κ1) is 19.5. The summed E-state index contributed by atoms with van der Waals surface area (Å²) >= 11 is 7.94. The Balaban J connectivity index is 1.39. The highest BCUT2D eigenvalue weighted by molar-refractivity contribution is 7.18. The summed E-state index contributed by atoms with van der Waals surface area (Å²) in [4.78, 5) is 20.0. The van der Waals surface area contributed by atoms with Gasteiger partial charge in [0.05, 0.1) is 24.5 Å². The molecule has 0 saturated heterocycles. The predicted molar refractivity (Wildman–Crippen MR) is 120 cm³/mol. The summed E-state index contributed by atoms with van der Waals surface area (Å²) in [5.74, 6) is 0. The highest BCUT2D eigenvalue weighted by atomic mass is 35.5. The third kappa shape index (κ3) is 3.69. The van der Waals surface area contributed by atoms with Crippen molar-refractivity contribution in [3.05, 3.63) is 79.9 Å². The summed E-state index contributed by atoms with van der Waals surface area (Å²) in [5, 5.41) is 9.31. The number of nitrogens with zero attached hydrogens (tertiary/aromatic N) is 4. The number of thiophene rings is 1. The Bertz CT molecular complexity index is 1270. The fraction of sp³-hybridized carbons (Fsp3) is 0.318. The molecule has 0 aliphatic heterocycles. The van der Waals surface area contributed by atoms with E-state index in [1.807, 2.05) is 48.4 Å². The van der Waals surface area contributed by atoms with Crippen LogP contribution in [-0.2, 0) is 33.0 Å². The molecule has 1 N–H and O–H groups in total. The zero-order valence-corrected chi connectivity index (χ0v) is 18.2. The number of benzene rings is 1. The average Bonchev–Trinajstić information content (AvgIpc) is 3.33. The van der Waals surface area contributed by atoms with E-state index in [-0.39, 0.29) is 5.56 Å². The SMILES string of the molecule is Cn1cc(CNC2CCc3c(sc4ncn(Cc5ccccc5Cl)c(=O)c34)C2)cn1. The molecule has 1 aliphatic carbocycles. The second-order valence-corrected chi connectivity index (χ2v) is 9.29. The van der Waals surface area contributed by atoms with Crippen LogP contribution in [0.2, 0.25) is 5.02 Å². The molecule has 4 aromatic rings. The molecule has 3 aromatic heterocycles. The highest BCUT2D eigenvalue weighted by Gasteiger charge is 2.25. The molecule has 1 unspecified atom stereocenters. The summed E-state index contributed by atoms with van der Waals surface area (Å²) in [5.41, 5.74) is 3.31. The molecule has 6 nitrogen and oxygen atoms in total. The number of rotatable bonds is 5. The highest BCUT2D eigenvalue weighted by Crippen LogP contribution is 2.33. The minimum absolute atomic E-state index is 0.0270. The molecular formula is C22H22ClN5OS. The van der Waals surface area contributed by atoms with Crippen LogP contribution in [0.1, 0.15) is 28.0 Å². The molecule has 0 saturated carbocycles. The van der Waals surface area contributed by atoms with E-state index in [2.05, 4.69) is 15.4 Å². The fourth-order valence-corrected chi connectivity index (χ4v) is 5.58. The molecule has 8 heteroatoms. The van der Waals surface area contributed by atoms with Gasteiger partial charge in [-0.1, -0.05) is 29.8 Å². The molecule has 30 heavy (non-hydrogen) atoms. The van der Waals surface area contributed by atoms with Gasteiger partial charge in [-0.3, -0.25) is 14.0 Å². The topological polar surface area (TPSA) is 64.7 Å². The largest absolute Gasteiger partial charge is 0.309 e. The number of fused-ring (bicyclic) bond motifs is 3. The molecule has 5 rings (SSSR count). The Kier molecular flexibility index (Phi) is 5.18. The number of aryl methyl sites for hydroxylation is 2. The second kappa shape index (κ2) is 7.98. The van der Waals surface area contributed by atoms with Gasteiger partial charge >= 0.3 is 0 Å². The summed E-state index contributed by atoms with van der Waals surface area (Å²) in [6.45, 7) is 1.24. The Morgan fingerprint density at radius 1 is 1.33 bits per heavy atom. The molecular weight excluding hydrogens is 418 g/mol. The fourth-order valence-electron chi connectivity index (χ4n) is 4.12. The summed E-state index contributed by atoms with van der Waals surface area (Å²) in [6.07, 6.45) is 8.41. The Morgan fingerprint density at radius 2 is 2.20 bits per heavy atom. The van der Waals surface area contributed by atoms with Crippen LogP contribution in [0.25, 0.3) is 10.2 Å². The van der Waals surface area contributed by atoms with Crippen molar-refractivity contribution in [2.45, 2.75) is 38.4 Å². The second-order valence-electron chi connectivity index (χ2n) is 7.80. The molecule has 0 fully saturated rings. The van der Waals surface area contributed by atoms with E-state index < -0.39 is 0 Å². The van der Waals surface area contributed by atoms with Crippen molar-refractivity contribution < 1.29 is 0 Å². The molecule has 0 spiro atoms. The van der Waals surface area contributed by atoms with Gasteiger partial charge in [-0.15, -0.1) is 11.3 Å². The first-order valence-corrected chi connectivity index (χ1v) is 11.2. The van der Waals surface area contributed by atoms with E-state index in [1.54, 1.807) is 22.2 Å². The normalized spacial score (nSPS) is 16.1. The molecule has 3 heterocycles. The molecule has 1 atom stereocenters. The van der Waals surface area contributed by atoms with Gasteiger partial charge in [0.2, 0.25) is 0 Å². The Morgan fingerprint density at radius 3 is 3.00 bits per heavy atom. The van der Waals surface area contributed by atoms with Crippen molar-refractivity contribution in [1.29, 1.82) is 0 Å². The lowest BCUT2D eigenvalue weighted by atomic mass is 9.93. The molecule has 0 bridgehead atoms. The maximum absolute atomic E-state index is 13.2. The molecule has 1 aromatic carbocycles. The number of nitrogens with one attached hydrogen (secondary N) is 1. The summed E-state index contributed by atoms with van der Waals surface area (Å²) in [6, 6.07) is 8.02. The van der Waals surface area contributed by atoms with Gasteiger partial charge in [0, 0.05) is 41.3 Å². The lowest BCUT2D eigenvalue weighted by Gasteiger charge is -2.23. The van der Waals surface area contributed by atoms with Crippen molar-refractivity contribution in [2.75, 3.05) is 0 Å². The third-order valence-corrected chi connectivity index (χ3v) is 7.22. The third-order valence-electron chi connectivity index (χ3n) is 5.69. The molecule has 0 amide bonds. The van der Waals surface area contributed by atoms with Crippen LogP contribution in [0.3, 0.4) is 0 Å². The van der Waals surface area contributed by atoms with Crippen LogP contribution in [0, 0.1) is 0 Å². The lowest BCUT2D eigenvalue weighted by molar-refractivity contribution is 0.462. The molecule has 1 aliphatic rings. The van der Waals surface area contributed by atoms with Crippen LogP contribution < -0.4 is 10.9 Å². The van der Waals surface area contributed by atoms with Gasteiger partial charge in [-0.2, -0.15) is 5.10 Å². The van der Waals surface area contributed by atoms with Crippen molar-refractivity contribution in [2.24, 2.45) is 7.05 Å². The van der Waals surface area contributed by atoms with E-state index in [0.29, 0.717) is 17.6 Å². The van der Waals surface area contributed by atoms with Crippen molar-refractivity contribution >= 4 is 33.2 Å². The first-order chi connectivity index (χ1) is 14.6. The number of hydrogen-bond donors (Lipinski definition) is 1. The van der Waals surface area contributed by atoms with Crippen LogP contribution >= 0.6 is 22.9 Å². The Hall–Kier alpha value is -2.48. The van der Waals surface area contributed by atoms with E-state index in [0.717, 1.165) is 41.6 Å². The van der Waals surface area contributed by atoms with E-state index in [4.69, 9.17) is 11.6 Å². The lowest BCUT2D eigenvalue weighted by Crippen LogP contribution is -2.33.